The van der Waals surface area contributed by atoms with Crippen molar-refractivity contribution < 1.29 is 33.0 Å². The van der Waals surface area contributed by atoms with Crippen LogP contribution in [0, 0.1) is 5.92 Å². The van der Waals surface area contributed by atoms with Gasteiger partial charge in [-0.15, -0.1) is 0 Å². The number of carbonyl (C=O) groups is 2. The summed E-state index contributed by atoms with van der Waals surface area (Å²) in [4.78, 5) is 30.8. The van der Waals surface area contributed by atoms with Crippen LogP contribution in [-0.2, 0) is 25.4 Å². The van der Waals surface area contributed by atoms with Gasteiger partial charge in [-0.05, 0) is 76.9 Å². The van der Waals surface area contributed by atoms with Gasteiger partial charge >= 0.3 is 5.97 Å². The lowest BCUT2D eigenvalue weighted by Crippen LogP contribution is -2.67. The van der Waals surface area contributed by atoms with Crippen molar-refractivity contribution in [2.75, 3.05) is 39.8 Å². The first-order valence-electron chi connectivity index (χ1n) is 20.2. The number of fused-ring (bicyclic) bond motifs is 1. The molecule has 5 atom stereocenters. The van der Waals surface area contributed by atoms with E-state index < -0.39 is 26.4 Å². The smallest absolute Gasteiger partial charge is 0.324 e. The molecule has 11 heteroatoms. The molecule has 0 unspecified atom stereocenters. The van der Waals surface area contributed by atoms with Crippen molar-refractivity contribution >= 4 is 36.3 Å². The second-order valence-electron chi connectivity index (χ2n) is 16.4. The quantitative estimate of drug-likeness (QED) is 0.0878. The van der Waals surface area contributed by atoms with Crippen molar-refractivity contribution in [2.45, 2.75) is 63.0 Å². The highest BCUT2D eigenvalue weighted by Crippen LogP contribution is 2.40. The fourth-order valence-electron chi connectivity index (χ4n) is 8.80. The Hall–Kier alpha value is -5.46. The Labute approximate surface area is 348 Å². The van der Waals surface area contributed by atoms with Crippen LogP contribution in [0.5, 0.6) is 17.2 Å². The molecule has 5 aromatic rings. The number of amides is 1. The Morgan fingerprint density at radius 2 is 1.44 bits per heavy atom. The van der Waals surface area contributed by atoms with E-state index in [9.17, 15) is 9.59 Å². The van der Waals surface area contributed by atoms with Crippen molar-refractivity contribution in [1.29, 1.82) is 0 Å². The van der Waals surface area contributed by atoms with Crippen LogP contribution >= 0.6 is 0 Å². The number of methoxy groups -OCH3 is 2. The minimum Gasteiger partial charge on any atom is -0.497 e. The summed E-state index contributed by atoms with van der Waals surface area (Å²) in [5, 5.41) is 8.78. The minimum absolute atomic E-state index is 0.00990. The van der Waals surface area contributed by atoms with Crippen LogP contribution in [-0.4, -0.2) is 77.7 Å². The summed E-state index contributed by atoms with van der Waals surface area (Å²) >= 11 is 0. The lowest BCUT2D eigenvalue weighted by Gasteiger charge is -2.44. The van der Waals surface area contributed by atoms with E-state index in [2.05, 4.69) is 91.9 Å². The highest BCUT2D eigenvalue weighted by Gasteiger charge is 2.54. The molecule has 59 heavy (non-hydrogen) atoms. The highest BCUT2D eigenvalue weighted by molar-refractivity contribution is 6.99. The number of hydrogen-bond donors (Lipinski definition) is 2. The molecule has 0 aromatic heterocycles. The molecule has 2 saturated heterocycles. The third-order valence-electron chi connectivity index (χ3n) is 11.8. The summed E-state index contributed by atoms with van der Waals surface area (Å²) in [7, 11) is 2.39. The van der Waals surface area contributed by atoms with Gasteiger partial charge in [-0.1, -0.05) is 112 Å². The SMILES string of the molecule is COc1ccc(NC(=O)[C@@H](N[C@@H]2C(=O)OC[C@H]3C[C@@H](CO[Si](c4ccccc4)(c4ccccc4)C(C)(C)C)N(C)[C@H]32)c2cc(OCc3ccccc3)ccc2OC)cc1. The van der Waals surface area contributed by atoms with Gasteiger partial charge < -0.3 is 28.7 Å². The van der Waals surface area contributed by atoms with Crippen LogP contribution in [0.4, 0.5) is 5.69 Å². The summed E-state index contributed by atoms with van der Waals surface area (Å²) in [6.07, 6.45) is 0.764. The number of esters is 1. The number of hydrogen-bond acceptors (Lipinski definition) is 9. The predicted octanol–water partition coefficient (Wildman–Crippen LogP) is 6.74. The molecule has 0 aliphatic carbocycles. The third-order valence-corrected chi connectivity index (χ3v) is 16.8. The van der Waals surface area contributed by atoms with Crippen molar-refractivity contribution in [3.8, 4) is 17.2 Å². The van der Waals surface area contributed by atoms with Crippen molar-refractivity contribution in [3.63, 3.8) is 0 Å². The number of nitrogens with one attached hydrogen (secondary N) is 2. The molecular weight excluding hydrogens is 759 g/mol. The molecule has 1 amide bonds. The summed E-state index contributed by atoms with van der Waals surface area (Å²) < 4.78 is 30.7. The summed E-state index contributed by atoms with van der Waals surface area (Å²) in [6, 6.07) is 41.4. The largest absolute Gasteiger partial charge is 0.497 e. The molecule has 2 heterocycles. The molecule has 2 fully saturated rings. The van der Waals surface area contributed by atoms with Gasteiger partial charge in [0.1, 0.15) is 35.9 Å². The van der Waals surface area contributed by atoms with E-state index in [0.29, 0.717) is 41.7 Å². The van der Waals surface area contributed by atoms with Crippen molar-refractivity contribution in [1.82, 2.24) is 10.2 Å². The monoisotopic (exact) mass is 813 g/mol. The van der Waals surface area contributed by atoms with E-state index in [0.717, 1.165) is 12.0 Å². The van der Waals surface area contributed by atoms with Gasteiger partial charge in [0.05, 0.1) is 27.4 Å². The number of anilines is 1. The maximum Gasteiger partial charge on any atom is 0.324 e. The summed E-state index contributed by atoms with van der Waals surface area (Å²) in [5.74, 6) is 0.903. The molecule has 308 valence electrons. The molecule has 5 aromatic carbocycles. The van der Waals surface area contributed by atoms with Gasteiger partial charge in [-0.25, -0.2) is 0 Å². The lowest BCUT2D eigenvalue weighted by atomic mass is 9.90. The van der Waals surface area contributed by atoms with E-state index in [1.165, 1.54) is 10.4 Å². The van der Waals surface area contributed by atoms with E-state index in [-0.39, 0.29) is 35.6 Å². The van der Waals surface area contributed by atoms with E-state index in [1.54, 1.807) is 50.6 Å². The molecule has 0 spiro atoms. The first-order valence-corrected chi connectivity index (χ1v) is 22.1. The van der Waals surface area contributed by atoms with Gasteiger partial charge in [0.25, 0.3) is 8.32 Å². The van der Waals surface area contributed by atoms with Crippen LogP contribution in [0.1, 0.15) is 44.4 Å². The second-order valence-corrected chi connectivity index (χ2v) is 20.7. The zero-order valence-corrected chi connectivity index (χ0v) is 35.7. The van der Waals surface area contributed by atoms with E-state index in [1.807, 2.05) is 48.5 Å². The van der Waals surface area contributed by atoms with Gasteiger partial charge in [-0.2, -0.15) is 0 Å². The van der Waals surface area contributed by atoms with Crippen LogP contribution in [0.2, 0.25) is 5.04 Å². The number of cyclic esters (lactones) is 1. The van der Waals surface area contributed by atoms with Crippen LogP contribution in [0.3, 0.4) is 0 Å². The zero-order chi connectivity index (χ0) is 41.6. The Balaban J connectivity index is 1.19. The highest BCUT2D eigenvalue weighted by atomic mass is 28.4. The summed E-state index contributed by atoms with van der Waals surface area (Å²) in [6.45, 7) is 7.92. The number of likely N-dealkylation sites (tertiary alicyclic amines) is 1. The normalized spacial score (nSPS) is 19.9. The first kappa shape index (κ1) is 41.7. The molecule has 0 saturated carbocycles. The number of ether oxygens (including phenoxy) is 4. The maximum atomic E-state index is 14.5. The van der Waals surface area contributed by atoms with Crippen LogP contribution < -0.4 is 35.2 Å². The molecule has 0 bridgehead atoms. The van der Waals surface area contributed by atoms with Crippen LogP contribution in [0.25, 0.3) is 0 Å². The van der Waals surface area contributed by atoms with Gasteiger partial charge in [0.2, 0.25) is 5.91 Å². The number of carbonyl (C=O) groups excluding carboxylic acids is 2. The van der Waals surface area contributed by atoms with Gasteiger partial charge in [0.15, 0.2) is 0 Å². The van der Waals surface area contributed by atoms with Crippen molar-refractivity contribution in [3.05, 3.63) is 145 Å². The number of likely N-dealkylation sites (N-methyl/N-ethyl adjacent to an activating group) is 1. The van der Waals surface area contributed by atoms with Crippen LogP contribution in [0.15, 0.2) is 133 Å². The minimum atomic E-state index is -2.83. The first-order chi connectivity index (χ1) is 28.5. The van der Waals surface area contributed by atoms with Crippen molar-refractivity contribution in [2.24, 2.45) is 5.92 Å². The third kappa shape index (κ3) is 8.94. The Bertz CT molecular complexity index is 2130. The molecule has 7 rings (SSSR count). The standard InChI is InChI=1S/C48H55N3O7Si/c1-48(2,3)59(39-18-12-8-13-19-39,40-20-14-9-15-21-40)58-32-36-28-34-31-57-47(53)44(45(34)51(36)4)50-43(46(52)49-35-22-24-37(54-5)25-23-35)41-29-38(26-27-42(41)55-6)56-30-33-16-10-7-11-17-33/h7-27,29,34,36,43-45,50H,28,30-32H2,1-6H3,(H,49,52)/t34-,36+,43+,44+,45-/m1/s1. The molecular formula is C48H55N3O7Si. The maximum absolute atomic E-state index is 14.5. The average molecular weight is 814 g/mol. The molecule has 2 aliphatic rings. The fourth-order valence-corrected chi connectivity index (χ4v) is 13.4. The molecule has 10 nitrogen and oxygen atoms in total. The Morgan fingerprint density at radius 3 is 2.03 bits per heavy atom. The van der Waals surface area contributed by atoms with E-state index >= 15 is 0 Å². The topological polar surface area (TPSA) is 108 Å². The molecule has 2 N–H and O–H groups in total. The van der Waals surface area contributed by atoms with Gasteiger partial charge in [0, 0.05) is 29.3 Å². The second kappa shape index (κ2) is 18.2. The molecule has 0 radical (unpaired) electrons. The fraction of sp³-hybridized carbons (Fsp3) is 0.333. The summed E-state index contributed by atoms with van der Waals surface area (Å²) in [5.41, 5.74) is 2.09. The number of benzene rings is 5. The van der Waals surface area contributed by atoms with Gasteiger partial charge in [-0.3, -0.25) is 19.8 Å². The lowest BCUT2D eigenvalue weighted by molar-refractivity contribution is -0.156. The Kier molecular flexibility index (Phi) is 12.9. The Morgan fingerprint density at radius 1 is 0.831 bits per heavy atom. The average Bonchev–Trinajstić information content (AvgIpc) is 3.58. The predicted molar refractivity (Wildman–Crippen MR) is 233 cm³/mol. The number of rotatable bonds is 15. The molecule has 2 aliphatic heterocycles. The zero-order valence-electron chi connectivity index (χ0n) is 34.7. The van der Waals surface area contributed by atoms with E-state index in [4.69, 9.17) is 23.4 Å². The number of nitrogens with zero attached hydrogens (tertiary/aromatic N) is 1.